The van der Waals surface area contributed by atoms with Crippen LogP contribution in [0.1, 0.15) is 34.6 Å². The van der Waals surface area contributed by atoms with E-state index in [-0.39, 0.29) is 18.7 Å². The van der Waals surface area contributed by atoms with Gasteiger partial charge in [0, 0.05) is 18.7 Å². The van der Waals surface area contributed by atoms with Gasteiger partial charge in [0.1, 0.15) is 10.7 Å². The molecule has 0 aromatic heterocycles. The van der Waals surface area contributed by atoms with Gasteiger partial charge in [0.15, 0.2) is 12.4 Å². The van der Waals surface area contributed by atoms with Crippen LogP contribution in [0.3, 0.4) is 0 Å². The lowest BCUT2D eigenvalue weighted by atomic mass is 10.0. The van der Waals surface area contributed by atoms with E-state index in [1.54, 1.807) is 38.1 Å². The Kier molecular flexibility index (Phi) is 7.73. The summed E-state index contributed by atoms with van der Waals surface area (Å²) >= 11 is 0. The van der Waals surface area contributed by atoms with E-state index in [1.165, 1.54) is 0 Å². The zero-order valence-corrected chi connectivity index (χ0v) is 19.1. The van der Waals surface area contributed by atoms with E-state index in [0.717, 1.165) is 33.6 Å². The van der Waals surface area contributed by atoms with Crippen LogP contribution in [0.15, 0.2) is 77.7 Å². The van der Waals surface area contributed by atoms with Crippen LogP contribution >= 0.6 is 0 Å². The molecular weight excluding hydrogens is 445 g/mol. The predicted octanol–water partition coefficient (Wildman–Crippen LogP) is 4.56. The van der Waals surface area contributed by atoms with Crippen molar-refractivity contribution < 1.29 is 27.1 Å². The van der Waals surface area contributed by atoms with Crippen molar-refractivity contribution in [3.8, 4) is 11.1 Å². The molecule has 3 aromatic rings. The first-order valence-electron chi connectivity index (χ1n) is 10.4. The van der Waals surface area contributed by atoms with E-state index in [1.807, 2.05) is 30.3 Å². The van der Waals surface area contributed by atoms with Gasteiger partial charge in [-0.2, -0.15) is 4.31 Å². The third-order valence-electron chi connectivity index (χ3n) is 5.14. The predicted molar refractivity (Wildman–Crippen MR) is 123 cm³/mol. The maximum Gasteiger partial charge on any atom is 0.338 e. The average molecular weight is 470 g/mol. The number of hydrogen-bond acceptors (Lipinski definition) is 5. The standard InChI is InChI=1S/C25H24FNO5S/c1-3-27(4-2)33(30,31)24-16-21(14-15-22(24)26)25(29)32-17-23(28)20-12-10-19(11-13-20)18-8-6-5-7-9-18/h5-16H,3-4,17H2,1-2H3. The van der Waals surface area contributed by atoms with E-state index >= 15 is 0 Å². The van der Waals surface area contributed by atoms with Crippen molar-refractivity contribution in [2.45, 2.75) is 18.7 Å². The van der Waals surface area contributed by atoms with Gasteiger partial charge in [0.05, 0.1) is 5.56 Å². The van der Waals surface area contributed by atoms with Gasteiger partial charge in [-0.3, -0.25) is 4.79 Å². The normalized spacial score (nSPS) is 11.4. The number of ketones is 1. The zero-order valence-electron chi connectivity index (χ0n) is 18.3. The van der Waals surface area contributed by atoms with E-state index in [9.17, 15) is 22.4 Å². The molecule has 0 saturated carbocycles. The molecule has 0 heterocycles. The number of Topliss-reactive ketones (excluding diaryl/α,β-unsaturated/α-hetero) is 1. The summed E-state index contributed by atoms with van der Waals surface area (Å²) in [6, 6.07) is 19.5. The fourth-order valence-corrected chi connectivity index (χ4v) is 4.86. The smallest absolute Gasteiger partial charge is 0.338 e. The minimum Gasteiger partial charge on any atom is -0.454 e. The number of hydrogen-bond donors (Lipinski definition) is 0. The lowest BCUT2D eigenvalue weighted by Gasteiger charge is -2.19. The van der Waals surface area contributed by atoms with Crippen molar-refractivity contribution in [3.63, 3.8) is 0 Å². The fourth-order valence-electron chi connectivity index (χ4n) is 3.31. The molecule has 0 fully saturated rings. The maximum atomic E-state index is 14.2. The van der Waals surface area contributed by atoms with Crippen molar-refractivity contribution in [3.05, 3.63) is 89.7 Å². The highest BCUT2D eigenvalue weighted by Gasteiger charge is 2.27. The first kappa shape index (κ1) is 24.3. The molecule has 6 nitrogen and oxygen atoms in total. The number of rotatable bonds is 9. The quantitative estimate of drug-likeness (QED) is 0.339. The van der Waals surface area contributed by atoms with Gasteiger partial charge in [0.25, 0.3) is 0 Å². The molecule has 172 valence electrons. The third-order valence-corrected chi connectivity index (χ3v) is 7.20. The molecule has 0 bridgehead atoms. The number of carbonyl (C=O) groups is 2. The lowest BCUT2D eigenvalue weighted by molar-refractivity contribution is 0.0474. The van der Waals surface area contributed by atoms with Crippen LogP contribution in [0.4, 0.5) is 4.39 Å². The van der Waals surface area contributed by atoms with E-state index in [0.29, 0.717) is 5.56 Å². The Hall–Kier alpha value is -3.36. The van der Waals surface area contributed by atoms with Crippen LogP contribution in [-0.2, 0) is 14.8 Å². The average Bonchev–Trinajstić information content (AvgIpc) is 2.83. The number of benzene rings is 3. The molecule has 0 unspecified atom stereocenters. The minimum atomic E-state index is -4.11. The number of esters is 1. The maximum absolute atomic E-state index is 14.2. The summed E-state index contributed by atoms with van der Waals surface area (Å²) in [5.41, 5.74) is 2.16. The number of sulfonamides is 1. The van der Waals surface area contributed by atoms with Gasteiger partial charge >= 0.3 is 5.97 Å². The molecule has 0 spiro atoms. The molecule has 0 aliphatic carbocycles. The Morgan fingerprint density at radius 1 is 0.848 bits per heavy atom. The molecule has 0 aliphatic heterocycles. The summed E-state index contributed by atoms with van der Waals surface area (Å²) < 4.78 is 45.7. The fraction of sp³-hybridized carbons (Fsp3) is 0.200. The molecule has 3 rings (SSSR count). The summed E-state index contributed by atoms with van der Waals surface area (Å²) in [5.74, 6) is -2.30. The molecule has 0 radical (unpaired) electrons. The van der Waals surface area contributed by atoms with E-state index < -0.39 is 39.1 Å². The monoisotopic (exact) mass is 469 g/mol. The molecule has 0 N–H and O–H groups in total. The molecule has 33 heavy (non-hydrogen) atoms. The molecule has 0 amide bonds. The zero-order chi connectivity index (χ0) is 24.0. The van der Waals surface area contributed by atoms with Crippen LogP contribution in [0.25, 0.3) is 11.1 Å². The van der Waals surface area contributed by atoms with Gasteiger partial charge < -0.3 is 4.74 Å². The third kappa shape index (κ3) is 5.53. The summed E-state index contributed by atoms with van der Waals surface area (Å²) in [4.78, 5) is 24.2. The largest absolute Gasteiger partial charge is 0.454 e. The Morgan fingerprint density at radius 2 is 1.42 bits per heavy atom. The first-order chi connectivity index (χ1) is 15.8. The van der Waals surface area contributed by atoms with Crippen LogP contribution in [0, 0.1) is 5.82 Å². The lowest BCUT2D eigenvalue weighted by Crippen LogP contribution is -2.31. The van der Waals surface area contributed by atoms with Crippen LogP contribution in [0.2, 0.25) is 0 Å². The Morgan fingerprint density at radius 3 is 2.03 bits per heavy atom. The van der Waals surface area contributed by atoms with E-state index in [4.69, 9.17) is 4.74 Å². The number of halogens is 1. The van der Waals surface area contributed by atoms with Crippen molar-refractivity contribution in [1.29, 1.82) is 0 Å². The summed E-state index contributed by atoms with van der Waals surface area (Å²) in [5, 5.41) is 0. The first-order valence-corrected chi connectivity index (χ1v) is 11.9. The Labute approximate surface area is 192 Å². The molecule has 0 saturated heterocycles. The van der Waals surface area contributed by atoms with Crippen molar-refractivity contribution in [2.24, 2.45) is 0 Å². The van der Waals surface area contributed by atoms with Gasteiger partial charge in [-0.1, -0.05) is 68.4 Å². The van der Waals surface area contributed by atoms with Crippen molar-refractivity contribution in [1.82, 2.24) is 4.31 Å². The minimum absolute atomic E-state index is 0.157. The highest BCUT2D eigenvalue weighted by molar-refractivity contribution is 7.89. The highest BCUT2D eigenvalue weighted by atomic mass is 32.2. The number of nitrogens with zero attached hydrogens (tertiary/aromatic N) is 1. The van der Waals surface area contributed by atoms with Crippen molar-refractivity contribution >= 4 is 21.8 Å². The van der Waals surface area contributed by atoms with Crippen LogP contribution in [-0.4, -0.2) is 44.2 Å². The van der Waals surface area contributed by atoms with Gasteiger partial charge in [0.2, 0.25) is 10.0 Å². The SMILES string of the molecule is CCN(CC)S(=O)(=O)c1cc(C(=O)OCC(=O)c2ccc(-c3ccccc3)cc2)ccc1F. The molecule has 3 aromatic carbocycles. The second-order valence-electron chi connectivity index (χ2n) is 7.18. The Balaban J connectivity index is 1.70. The molecule has 0 aliphatic rings. The summed E-state index contributed by atoms with van der Waals surface area (Å²) in [6.07, 6.45) is 0. The van der Waals surface area contributed by atoms with Gasteiger partial charge in [-0.25, -0.2) is 17.6 Å². The molecule has 8 heteroatoms. The Bertz CT molecular complexity index is 1240. The second kappa shape index (κ2) is 10.5. The number of ether oxygens (including phenoxy) is 1. The molecular formula is C25H24FNO5S. The summed E-state index contributed by atoms with van der Waals surface area (Å²) in [7, 11) is -4.11. The number of carbonyl (C=O) groups excluding carboxylic acids is 2. The van der Waals surface area contributed by atoms with E-state index in [2.05, 4.69) is 0 Å². The summed E-state index contributed by atoms with van der Waals surface area (Å²) in [6.45, 7) is 3.05. The van der Waals surface area contributed by atoms with Gasteiger partial charge in [-0.15, -0.1) is 0 Å². The second-order valence-corrected chi connectivity index (χ2v) is 9.08. The van der Waals surface area contributed by atoms with Crippen LogP contribution < -0.4 is 0 Å². The topological polar surface area (TPSA) is 80.8 Å². The highest BCUT2D eigenvalue weighted by Crippen LogP contribution is 2.22. The van der Waals surface area contributed by atoms with Crippen LogP contribution in [0.5, 0.6) is 0 Å². The van der Waals surface area contributed by atoms with Crippen molar-refractivity contribution in [2.75, 3.05) is 19.7 Å². The van der Waals surface area contributed by atoms with Gasteiger partial charge in [-0.05, 0) is 29.3 Å². The molecule has 0 atom stereocenters.